The number of ether oxygens (including phenoxy) is 1. The van der Waals surface area contributed by atoms with Crippen LogP contribution in [0.25, 0.3) is 11.5 Å². The minimum atomic E-state index is -0.714. The van der Waals surface area contributed by atoms with Crippen LogP contribution in [-0.4, -0.2) is 30.1 Å². The second kappa shape index (κ2) is 7.48. The predicted molar refractivity (Wildman–Crippen MR) is 106 cm³/mol. The Morgan fingerprint density at radius 1 is 1.14 bits per heavy atom. The molecule has 4 rings (SSSR count). The van der Waals surface area contributed by atoms with Crippen molar-refractivity contribution in [2.24, 2.45) is 0 Å². The predicted octanol–water partition coefficient (Wildman–Crippen LogP) is 2.90. The van der Waals surface area contributed by atoms with E-state index >= 15 is 0 Å². The molecule has 0 amide bonds. The standard InChI is InChI=1S/C20H16ClN5O3/c1-12-9-13(2)26(24-12)17-7-6-15(21)19(23-17)20(28)29-11-14-10-18(27)25-8-4-3-5-16(25)22-14/h3-10H,11H2,1-2H3. The third-order valence-electron chi connectivity index (χ3n) is 4.23. The van der Waals surface area contributed by atoms with E-state index in [9.17, 15) is 9.59 Å². The van der Waals surface area contributed by atoms with Crippen LogP contribution in [0.1, 0.15) is 27.6 Å². The molecule has 0 aromatic carbocycles. The minimum absolute atomic E-state index is 0.0331. The molecule has 0 saturated heterocycles. The highest BCUT2D eigenvalue weighted by atomic mass is 35.5. The molecule has 0 saturated carbocycles. The molecule has 0 N–H and O–H groups in total. The van der Waals surface area contributed by atoms with Gasteiger partial charge in [0.1, 0.15) is 12.3 Å². The van der Waals surface area contributed by atoms with Crippen LogP contribution < -0.4 is 5.56 Å². The summed E-state index contributed by atoms with van der Waals surface area (Å²) in [4.78, 5) is 33.3. The Morgan fingerprint density at radius 3 is 2.72 bits per heavy atom. The van der Waals surface area contributed by atoms with E-state index in [1.54, 1.807) is 41.2 Å². The Hall–Kier alpha value is -3.52. The van der Waals surface area contributed by atoms with Crippen LogP contribution in [0.4, 0.5) is 0 Å². The summed E-state index contributed by atoms with van der Waals surface area (Å²) in [6.45, 7) is 3.58. The summed E-state index contributed by atoms with van der Waals surface area (Å²) in [6, 6.07) is 11.7. The normalized spacial score (nSPS) is 11.0. The summed E-state index contributed by atoms with van der Waals surface area (Å²) >= 11 is 6.15. The number of hydrogen-bond donors (Lipinski definition) is 0. The molecular formula is C20H16ClN5O3. The number of hydrogen-bond acceptors (Lipinski definition) is 6. The van der Waals surface area contributed by atoms with Gasteiger partial charge in [-0.25, -0.2) is 19.4 Å². The first-order chi connectivity index (χ1) is 13.9. The van der Waals surface area contributed by atoms with Gasteiger partial charge in [0.05, 0.1) is 16.4 Å². The van der Waals surface area contributed by atoms with E-state index in [0.717, 1.165) is 11.4 Å². The quantitative estimate of drug-likeness (QED) is 0.481. The van der Waals surface area contributed by atoms with Crippen LogP contribution in [0.15, 0.2) is 53.5 Å². The Balaban J connectivity index is 1.58. The van der Waals surface area contributed by atoms with E-state index in [1.165, 1.54) is 10.5 Å². The Kier molecular flexibility index (Phi) is 4.85. The highest BCUT2D eigenvalue weighted by molar-refractivity contribution is 6.33. The smallest absolute Gasteiger partial charge is 0.358 e. The number of carbonyl (C=O) groups excluding carboxylic acids is 1. The molecule has 0 aliphatic heterocycles. The highest BCUT2D eigenvalue weighted by Crippen LogP contribution is 2.19. The summed E-state index contributed by atoms with van der Waals surface area (Å²) in [5.74, 6) is -0.262. The molecule has 0 atom stereocenters. The zero-order valence-electron chi connectivity index (χ0n) is 15.7. The van der Waals surface area contributed by atoms with Crippen LogP contribution in [0.3, 0.4) is 0 Å². The monoisotopic (exact) mass is 409 g/mol. The highest BCUT2D eigenvalue weighted by Gasteiger charge is 2.17. The molecule has 4 heterocycles. The number of aryl methyl sites for hydroxylation is 2. The number of halogens is 1. The second-order valence-corrected chi connectivity index (χ2v) is 6.84. The van der Waals surface area contributed by atoms with Crippen molar-refractivity contribution in [2.45, 2.75) is 20.5 Å². The fraction of sp³-hybridized carbons (Fsp3) is 0.150. The van der Waals surface area contributed by atoms with E-state index in [-0.39, 0.29) is 22.9 Å². The van der Waals surface area contributed by atoms with E-state index < -0.39 is 5.97 Å². The first kappa shape index (κ1) is 18.8. The van der Waals surface area contributed by atoms with Gasteiger partial charge in [0, 0.05) is 18.0 Å². The van der Waals surface area contributed by atoms with Crippen molar-refractivity contribution in [3.63, 3.8) is 0 Å². The van der Waals surface area contributed by atoms with Crippen LogP contribution in [0.5, 0.6) is 0 Å². The number of rotatable bonds is 4. The average molecular weight is 410 g/mol. The number of carbonyl (C=O) groups is 1. The van der Waals surface area contributed by atoms with Gasteiger partial charge < -0.3 is 4.74 Å². The topological polar surface area (TPSA) is 91.4 Å². The van der Waals surface area contributed by atoms with Gasteiger partial charge in [0.25, 0.3) is 5.56 Å². The fourth-order valence-corrected chi connectivity index (χ4v) is 3.12. The first-order valence-electron chi connectivity index (χ1n) is 8.77. The summed E-state index contributed by atoms with van der Waals surface area (Å²) < 4.78 is 8.32. The van der Waals surface area contributed by atoms with Gasteiger partial charge in [0.15, 0.2) is 11.5 Å². The maximum absolute atomic E-state index is 12.6. The molecule has 0 bridgehead atoms. The molecule has 0 unspecified atom stereocenters. The SMILES string of the molecule is Cc1cc(C)n(-c2ccc(Cl)c(C(=O)OCc3cc(=O)n4ccccc4n3)n2)n1. The molecule has 0 fully saturated rings. The van der Waals surface area contributed by atoms with Crippen LogP contribution in [0, 0.1) is 13.8 Å². The average Bonchev–Trinajstić information content (AvgIpc) is 3.04. The van der Waals surface area contributed by atoms with Crippen LogP contribution >= 0.6 is 11.6 Å². The lowest BCUT2D eigenvalue weighted by Crippen LogP contribution is -2.17. The second-order valence-electron chi connectivity index (χ2n) is 6.43. The minimum Gasteiger partial charge on any atom is -0.454 e. The van der Waals surface area contributed by atoms with Gasteiger partial charge >= 0.3 is 5.97 Å². The molecule has 0 aliphatic carbocycles. The summed E-state index contributed by atoms with van der Waals surface area (Å²) in [6.07, 6.45) is 1.62. The molecule has 146 valence electrons. The van der Waals surface area contributed by atoms with Gasteiger partial charge in [-0.1, -0.05) is 17.7 Å². The van der Waals surface area contributed by atoms with Crippen molar-refractivity contribution in [1.29, 1.82) is 0 Å². The molecule has 0 spiro atoms. The van der Waals surface area contributed by atoms with E-state index in [0.29, 0.717) is 17.2 Å². The van der Waals surface area contributed by atoms with Crippen molar-refractivity contribution < 1.29 is 9.53 Å². The van der Waals surface area contributed by atoms with Gasteiger partial charge in [-0.3, -0.25) is 9.20 Å². The van der Waals surface area contributed by atoms with Crippen molar-refractivity contribution in [2.75, 3.05) is 0 Å². The Labute approximate surface area is 170 Å². The molecule has 0 aliphatic rings. The number of pyridine rings is 2. The van der Waals surface area contributed by atoms with E-state index in [2.05, 4.69) is 15.1 Å². The van der Waals surface area contributed by atoms with Gasteiger partial charge in [-0.05, 0) is 44.2 Å². The maximum Gasteiger partial charge on any atom is 0.358 e. The largest absolute Gasteiger partial charge is 0.454 e. The van der Waals surface area contributed by atoms with Crippen molar-refractivity contribution in [1.82, 2.24) is 24.1 Å². The van der Waals surface area contributed by atoms with E-state index in [1.807, 2.05) is 19.9 Å². The lowest BCUT2D eigenvalue weighted by Gasteiger charge is -2.09. The third-order valence-corrected chi connectivity index (χ3v) is 4.53. The summed E-state index contributed by atoms with van der Waals surface area (Å²) in [5.41, 5.74) is 2.21. The number of fused-ring (bicyclic) bond motifs is 1. The Bertz CT molecular complexity index is 1300. The number of aromatic nitrogens is 5. The molecule has 29 heavy (non-hydrogen) atoms. The Morgan fingerprint density at radius 2 is 1.97 bits per heavy atom. The maximum atomic E-state index is 12.6. The fourth-order valence-electron chi connectivity index (χ4n) is 2.94. The van der Waals surface area contributed by atoms with Crippen molar-refractivity contribution in [3.05, 3.63) is 86.8 Å². The van der Waals surface area contributed by atoms with Crippen LogP contribution in [0.2, 0.25) is 5.02 Å². The van der Waals surface area contributed by atoms with Crippen molar-refractivity contribution in [3.8, 4) is 5.82 Å². The molecule has 0 radical (unpaired) electrons. The van der Waals surface area contributed by atoms with Crippen molar-refractivity contribution >= 4 is 23.2 Å². The van der Waals surface area contributed by atoms with Crippen LogP contribution in [-0.2, 0) is 11.3 Å². The summed E-state index contributed by atoms with van der Waals surface area (Å²) in [7, 11) is 0. The number of esters is 1. The molecular weight excluding hydrogens is 394 g/mol. The summed E-state index contributed by atoms with van der Waals surface area (Å²) in [5, 5.41) is 4.51. The van der Waals surface area contributed by atoms with Gasteiger partial charge in [-0.2, -0.15) is 5.10 Å². The third kappa shape index (κ3) is 3.74. The first-order valence-corrected chi connectivity index (χ1v) is 9.15. The molecule has 9 heteroatoms. The zero-order valence-corrected chi connectivity index (χ0v) is 16.4. The van der Waals surface area contributed by atoms with Gasteiger partial charge in [0.2, 0.25) is 0 Å². The molecule has 4 aromatic rings. The van der Waals surface area contributed by atoms with E-state index in [4.69, 9.17) is 16.3 Å². The van der Waals surface area contributed by atoms with Gasteiger partial charge in [-0.15, -0.1) is 0 Å². The zero-order chi connectivity index (χ0) is 20.5. The lowest BCUT2D eigenvalue weighted by atomic mass is 10.3. The molecule has 8 nitrogen and oxygen atoms in total. The number of nitrogens with zero attached hydrogens (tertiary/aromatic N) is 5. The lowest BCUT2D eigenvalue weighted by molar-refractivity contribution is 0.0461. The molecule has 4 aromatic heterocycles.